The van der Waals surface area contributed by atoms with Crippen molar-refractivity contribution < 1.29 is 4.42 Å². The standard InChI is InChI=1S/C11H12N2O2S/c1-7-3-4-9(15-7)8(2)13-6-5-10(14)12-11(13)16/h3-6,8H,1-2H3,(H,12,14,16). The molecule has 0 saturated carbocycles. The summed E-state index contributed by atoms with van der Waals surface area (Å²) in [5, 5.41) is 0. The fraction of sp³-hybridized carbons (Fsp3) is 0.273. The molecule has 4 nitrogen and oxygen atoms in total. The molecule has 0 aliphatic carbocycles. The molecule has 0 radical (unpaired) electrons. The van der Waals surface area contributed by atoms with E-state index < -0.39 is 0 Å². The van der Waals surface area contributed by atoms with Crippen molar-refractivity contribution in [3.05, 3.63) is 51.0 Å². The number of aromatic nitrogens is 2. The van der Waals surface area contributed by atoms with E-state index in [1.54, 1.807) is 10.8 Å². The van der Waals surface area contributed by atoms with Crippen molar-refractivity contribution in [1.29, 1.82) is 0 Å². The Bertz CT molecular complexity index is 609. The van der Waals surface area contributed by atoms with Gasteiger partial charge >= 0.3 is 0 Å². The van der Waals surface area contributed by atoms with Gasteiger partial charge in [-0.1, -0.05) is 0 Å². The molecule has 0 bridgehead atoms. The molecule has 1 N–H and O–H groups in total. The van der Waals surface area contributed by atoms with Gasteiger partial charge in [0.15, 0.2) is 4.77 Å². The zero-order valence-corrected chi connectivity index (χ0v) is 9.88. The first-order chi connectivity index (χ1) is 7.58. The Labute approximate surface area is 97.5 Å². The molecule has 0 fully saturated rings. The fourth-order valence-electron chi connectivity index (χ4n) is 1.55. The first kappa shape index (κ1) is 10.9. The van der Waals surface area contributed by atoms with Gasteiger partial charge in [-0.2, -0.15) is 0 Å². The van der Waals surface area contributed by atoms with Crippen LogP contribution in [0.15, 0.2) is 33.6 Å². The Hall–Kier alpha value is -1.62. The van der Waals surface area contributed by atoms with Crippen LogP contribution in [-0.2, 0) is 0 Å². The molecule has 0 aliphatic rings. The third-order valence-electron chi connectivity index (χ3n) is 2.44. The van der Waals surface area contributed by atoms with Crippen molar-refractivity contribution in [2.75, 3.05) is 0 Å². The minimum Gasteiger partial charge on any atom is -0.464 e. The van der Waals surface area contributed by atoms with Crippen molar-refractivity contribution in [1.82, 2.24) is 9.55 Å². The molecule has 16 heavy (non-hydrogen) atoms. The molecule has 0 amide bonds. The lowest BCUT2D eigenvalue weighted by Gasteiger charge is -2.12. The normalized spacial score (nSPS) is 12.6. The van der Waals surface area contributed by atoms with Crippen LogP contribution in [0.25, 0.3) is 0 Å². The molecular formula is C11H12N2O2S. The summed E-state index contributed by atoms with van der Waals surface area (Å²) in [6, 6.07) is 5.23. The van der Waals surface area contributed by atoms with Crippen LogP contribution in [0, 0.1) is 11.7 Å². The van der Waals surface area contributed by atoms with Crippen LogP contribution >= 0.6 is 12.2 Å². The van der Waals surface area contributed by atoms with Gasteiger partial charge < -0.3 is 8.98 Å². The maximum absolute atomic E-state index is 11.0. The van der Waals surface area contributed by atoms with Crippen molar-refractivity contribution in [2.45, 2.75) is 19.9 Å². The number of hydrogen-bond acceptors (Lipinski definition) is 3. The predicted molar refractivity (Wildman–Crippen MR) is 63.1 cm³/mol. The van der Waals surface area contributed by atoms with Gasteiger partial charge in [0.1, 0.15) is 11.5 Å². The highest BCUT2D eigenvalue weighted by Gasteiger charge is 2.11. The zero-order valence-electron chi connectivity index (χ0n) is 9.06. The fourth-order valence-corrected chi connectivity index (χ4v) is 1.87. The van der Waals surface area contributed by atoms with Gasteiger partial charge in [0.05, 0.1) is 6.04 Å². The number of nitrogens with zero attached hydrogens (tertiary/aromatic N) is 1. The summed E-state index contributed by atoms with van der Waals surface area (Å²) in [5.41, 5.74) is -0.191. The van der Waals surface area contributed by atoms with E-state index in [-0.39, 0.29) is 11.6 Å². The number of hydrogen-bond donors (Lipinski definition) is 1. The highest BCUT2D eigenvalue weighted by atomic mass is 32.1. The quantitative estimate of drug-likeness (QED) is 0.815. The van der Waals surface area contributed by atoms with Gasteiger partial charge in [0, 0.05) is 12.3 Å². The van der Waals surface area contributed by atoms with Crippen LogP contribution in [0.1, 0.15) is 24.5 Å². The van der Waals surface area contributed by atoms with E-state index in [0.29, 0.717) is 4.77 Å². The topological polar surface area (TPSA) is 50.9 Å². The largest absolute Gasteiger partial charge is 0.464 e. The van der Waals surface area contributed by atoms with Gasteiger partial charge in [-0.3, -0.25) is 9.78 Å². The molecule has 2 heterocycles. The maximum atomic E-state index is 11.0. The van der Waals surface area contributed by atoms with Gasteiger partial charge in [-0.25, -0.2) is 0 Å². The summed E-state index contributed by atoms with van der Waals surface area (Å²) < 4.78 is 7.71. The van der Waals surface area contributed by atoms with Crippen LogP contribution in [0.4, 0.5) is 0 Å². The van der Waals surface area contributed by atoms with E-state index in [2.05, 4.69) is 4.98 Å². The first-order valence-corrected chi connectivity index (χ1v) is 5.36. The molecule has 2 aromatic heterocycles. The molecular weight excluding hydrogens is 224 g/mol. The number of aromatic amines is 1. The van der Waals surface area contributed by atoms with E-state index >= 15 is 0 Å². The third kappa shape index (κ3) is 1.99. The number of rotatable bonds is 2. The Morgan fingerprint density at radius 3 is 2.75 bits per heavy atom. The van der Waals surface area contributed by atoms with Crippen LogP contribution in [0.5, 0.6) is 0 Å². The molecule has 0 aromatic carbocycles. The van der Waals surface area contributed by atoms with Crippen LogP contribution in [-0.4, -0.2) is 9.55 Å². The maximum Gasteiger partial charge on any atom is 0.251 e. The SMILES string of the molecule is Cc1ccc(C(C)n2ccc(=O)[nH]c2=S)o1. The van der Waals surface area contributed by atoms with Crippen LogP contribution < -0.4 is 5.56 Å². The van der Waals surface area contributed by atoms with Gasteiger partial charge in [0.2, 0.25) is 0 Å². The molecule has 1 atom stereocenters. The lowest BCUT2D eigenvalue weighted by molar-refractivity contribution is 0.424. The summed E-state index contributed by atoms with van der Waals surface area (Å²) in [5.74, 6) is 1.68. The Balaban J connectivity index is 2.45. The summed E-state index contributed by atoms with van der Waals surface area (Å²) in [4.78, 5) is 13.6. The second-order valence-electron chi connectivity index (χ2n) is 3.64. The second-order valence-corrected chi connectivity index (χ2v) is 4.03. The molecule has 2 rings (SSSR count). The molecule has 2 aromatic rings. The third-order valence-corrected chi connectivity index (χ3v) is 2.75. The summed E-state index contributed by atoms with van der Waals surface area (Å²) in [6.07, 6.45) is 1.67. The average Bonchev–Trinajstić information content (AvgIpc) is 2.64. The van der Waals surface area contributed by atoms with E-state index in [4.69, 9.17) is 16.6 Å². The number of nitrogens with one attached hydrogen (secondary N) is 1. The van der Waals surface area contributed by atoms with Crippen LogP contribution in [0.3, 0.4) is 0 Å². The summed E-state index contributed by atoms with van der Waals surface area (Å²) >= 11 is 5.09. The lowest BCUT2D eigenvalue weighted by Crippen LogP contribution is -2.14. The first-order valence-electron chi connectivity index (χ1n) is 4.96. The van der Waals surface area contributed by atoms with Crippen molar-refractivity contribution >= 4 is 12.2 Å². The number of furan rings is 1. The predicted octanol–water partition coefficient (Wildman–Crippen LogP) is 2.42. The average molecular weight is 236 g/mol. The lowest BCUT2D eigenvalue weighted by atomic mass is 10.2. The number of aryl methyl sites for hydroxylation is 1. The van der Waals surface area contributed by atoms with Gasteiger partial charge in [-0.05, 0) is 38.2 Å². The Morgan fingerprint density at radius 2 is 2.19 bits per heavy atom. The highest BCUT2D eigenvalue weighted by molar-refractivity contribution is 7.71. The van der Waals surface area contributed by atoms with E-state index in [9.17, 15) is 4.79 Å². The summed E-state index contributed by atoms with van der Waals surface area (Å²) in [7, 11) is 0. The molecule has 1 unspecified atom stereocenters. The molecule has 0 aliphatic heterocycles. The minimum absolute atomic E-state index is 0.0296. The van der Waals surface area contributed by atoms with E-state index in [0.717, 1.165) is 11.5 Å². The van der Waals surface area contributed by atoms with Crippen molar-refractivity contribution in [2.24, 2.45) is 0 Å². The smallest absolute Gasteiger partial charge is 0.251 e. The molecule has 5 heteroatoms. The molecule has 0 saturated heterocycles. The highest BCUT2D eigenvalue weighted by Crippen LogP contribution is 2.19. The second kappa shape index (κ2) is 4.09. The van der Waals surface area contributed by atoms with Gasteiger partial charge in [-0.15, -0.1) is 0 Å². The Morgan fingerprint density at radius 1 is 1.44 bits per heavy atom. The zero-order chi connectivity index (χ0) is 11.7. The number of H-pyrrole nitrogens is 1. The van der Waals surface area contributed by atoms with Crippen molar-refractivity contribution in [3.63, 3.8) is 0 Å². The molecule has 84 valence electrons. The summed E-state index contributed by atoms with van der Waals surface area (Å²) in [6.45, 7) is 3.86. The van der Waals surface area contributed by atoms with Gasteiger partial charge in [0.25, 0.3) is 5.56 Å². The minimum atomic E-state index is -0.191. The van der Waals surface area contributed by atoms with Crippen LogP contribution in [0.2, 0.25) is 0 Å². The molecule has 0 spiro atoms. The van der Waals surface area contributed by atoms with E-state index in [1.807, 2.05) is 26.0 Å². The van der Waals surface area contributed by atoms with E-state index in [1.165, 1.54) is 6.07 Å². The Kier molecular flexibility index (Phi) is 2.78. The van der Waals surface area contributed by atoms with Crippen molar-refractivity contribution in [3.8, 4) is 0 Å². The monoisotopic (exact) mass is 236 g/mol.